The molecule has 6 heteroatoms. The Morgan fingerprint density at radius 3 is 2.48 bits per heavy atom. The highest BCUT2D eigenvalue weighted by Crippen LogP contribution is 2.22. The van der Waals surface area contributed by atoms with E-state index < -0.39 is 0 Å². The summed E-state index contributed by atoms with van der Waals surface area (Å²) in [5.41, 5.74) is 1.53. The quantitative estimate of drug-likeness (QED) is 0.810. The van der Waals surface area contributed by atoms with E-state index in [1.165, 1.54) is 0 Å². The summed E-state index contributed by atoms with van der Waals surface area (Å²) in [5.74, 6) is -0.238. The lowest BCUT2D eigenvalue weighted by Crippen LogP contribution is -2.41. The van der Waals surface area contributed by atoms with Crippen LogP contribution in [0.15, 0.2) is 18.2 Å². The van der Waals surface area contributed by atoms with Crippen molar-refractivity contribution >= 4 is 29.1 Å². The molecule has 1 rings (SSSR count). The zero-order valence-corrected chi connectivity index (χ0v) is 13.5. The van der Waals surface area contributed by atoms with Crippen molar-refractivity contribution in [2.45, 2.75) is 20.8 Å². The fourth-order valence-electron chi connectivity index (χ4n) is 1.87. The van der Waals surface area contributed by atoms with Gasteiger partial charge >= 0.3 is 0 Å². The predicted octanol–water partition coefficient (Wildman–Crippen LogP) is 2.04. The first-order valence-corrected chi connectivity index (χ1v) is 7.39. The Hall–Kier alpha value is -1.59. The van der Waals surface area contributed by atoms with E-state index in [-0.39, 0.29) is 24.9 Å². The van der Waals surface area contributed by atoms with Crippen LogP contribution in [0, 0.1) is 6.92 Å². The van der Waals surface area contributed by atoms with Crippen molar-refractivity contribution < 1.29 is 9.59 Å². The van der Waals surface area contributed by atoms with E-state index >= 15 is 0 Å². The lowest BCUT2D eigenvalue weighted by Gasteiger charge is -2.19. The zero-order valence-electron chi connectivity index (χ0n) is 12.7. The predicted molar refractivity (Wildman–Crippen MR) is 85.6 cm³/mol. The molecule has 116 valence electrons. The van der Waals surface area contributed by atoms with Gasteiger partial charge in [-0.2, -0.15) is 0 Å². The molecule has 2 amide bonds. The summed E-state index contributed by atoms with van der Waals surface area (Å²) in [6.45, 7) is 7.22. The molecule has 0 unspecified atom stereocenters. The molecule has 1 aromatic carbocycles. The van der Waals surface area contributed by atoms with E-state index in [4.69, 9.17) is 11.6 Å². The Morgan fingerprint density at radius 2 is 1.86 bits per heavy atom. The Bertz CT molecular complexity index is 506. The molecule has 0 fully saturated rings. The molecular formula is C15H22ClN3O2. The Kier molecular flexibility index (Phi) is 7.19. The van der Waals surface area contributed by atoms with E-state index in [0.29, 0.717) is 23.8 Å². The van der Waals surface area contributed by atoms with Crippen molar-refractivity contribution in [3.05, 3.63) is 28.8 Å². The van der Waals surface area contributed by atoms with Gasteiger partial charge in [0.15, 0.2) is 0 Å². The van der Waals surface area contributed by atoms with Gasteiger partial charge < -0.3 is 10.6 Å². The number of anilines is 1. The van der Waals surface area contributed by atoms with Crippen LogP contribution in [0.4, 0.5) is 5.69 Å². The fraction of sp³-hybridized carbons (Fsp3) is 0.467. The number of rotatable bonds is 7. The van der Waals surface area contributed by atoms with Crippen molar-refractivity contribution in [2.24, 2.45) is 0 Å². The molecule has 5 nitrogen and oxygen atoms in total. The van der Waals surface area contributed by atoms with Crippen molar-refractivity contribution in [3.63, 3.8) is 0 Å². The van der Waals surface area contributed by atoms with Gasteiger partial charge in [-0.25, -0.2) is 0 Å². The molecule has 21 heavy (non-hydrogen) atoms. The molecule has 1 aromatic rings. The first-order valence-electron chi connectivity index (χ1n) is 7.01. The van der Waals surface area contributed by atoms with E-state index in [1.54, 1.807) is 23.1 Å². The summed E-state index contributed by atoms with van der Waals surface area (Å²) in [5, 5.41) is 6.16. The van der Waals surface area contributed by atoms with Gasteiger partial charge in [-0.3, -0.25) is 14.5 Å². The lowest BCUT2D eigenvalue weighted by molar-refractivity contribution is -0.123. The van der Waals surface area contributed by atoms with Crippen LogP contribution in [0.25, 0.3) is 0 Å². The van der Waals surface area contributed by atoms with Gasteiger partial charge in [0.2, 0.25) is 11.8 Å². The van der Waals surface area contributed by atoms with Crippen LogP contribution in [-0.4, -0.2) is 42.9 Å². The van der Waals surface area contributed by atoms with Gasteiger partial charge in [0, 0.05) is 17.3 Å². The minimum absolute atomic E-state index is 0.0777. The lowest BCUT2D eigenvalue weighted by atomic mass is 10.2. The van der Waals surface area contributed by atoms with Gasteiger partial charge in [-0.05, 0) is 38.1 Å². The van der Waals surface area contributed by atoms with E-state index in [2.05, 4.69) is 10.6 Å². The van der Waals surface area contributed by atoms with Crippen LogP contribution in [0.2, 0.25) is 5.02 Å². The van der Waals surface area contributed by atoms with Gasteiger partial charge in [-0.1, -0.05) is 24.6 Å². The summed E-state index contributed by atoms with van der Waals surface area (Å²) in [6.07, 6.45) is 0. The molecule has 0 aliphatic heterocycles. The highest BCUT2D eigenvalue weighted by Gasteiger charge is 2.13. The Balaban J connectivity index is 2.58. The molecule has 0 radical (unpaired) electrons. The number of carbonyl (C=O) groups is 2. The molecule has 0 atom stereocenters. The zero-order chi connectivity index (χ0) is 15.8. The van der Waals surface area contributed by atoms with Crippen LogP contribution >= 0.6 is 11.6 Å². The third kappa shape index (κ3) is 5.73. The highest BCUT2D eigenvalue weighted by molar-refractivity contribution is 6.31. The molecule has 0 bridgehead atoms. The van der Waals surface area contributed by atoms with Crippen LogP contribution in [0.1, 0.15) is 19.4 Å². The second-order valence-electron chi connectivity index (χ2n) is 4.72. The van der Waals surface area contributed by atoms with Gasteiger partial charge in [0.1, 0.15) is 0 Å². The Morgan fingerprint density at radius 1 is 1.19 bits per heavy atom. The minimum atomic E-state index is -0.161. The first kappa shape index (κ1) is 17.5. The molecule has 0 heterocycles. The maximum Gasteiger partial charge on any atom is 0.238 e. The molecule has 2 N–H and O–H groups in total. The van der Waals surface area contributed by atoms with E-state index in [0.717, 1.165) is 5.56 Å². The summed E-state index contributed by atoms with van der Waals surface area (Å²) >= 11 is 6.02. The summed E-state index contributed by atoms with van der Waals surface area (Å²) < 4.78 is 0. The molecule has 0 saturated heterocycles. The number of halogens is 1. The van der Waals surface area contributed by atoms with Crippen molar-refractivity contribution in [2.75, 3.05) is 31.5 Å². The van der Waals surface area contributed by atoms with Gasteiger partial charge in [-0.15, -0.1) is 0 Å². The number of nitrogens with one attached hydrogen (secondary N) is 2. The van der Waals surface area contributed by atoms with Crippen LogP contribution in [0.3, 0.4) is 0 Å². The minimum Gasteiger partial charge on any atom is -0.355 e. The van der Waals surface area contributed by atoms with Gasteiger partial charge in [0.25, 0.3) is 0 Å². The first-order chi connectivity index (χ1) is 9.97. The molecule has 0 saturated carbocycles. The third-order valence-electron chi connectivity index (χ3n) is 3.10. The second-order valence-corrected chi connectivity index (χ2v) is 5.12. The van der Waals surface area contributed by atoms with E-state index in [1.807, 2.05) is 20.8 Å². The van der Waals surface area contributed by atoms with Crippen molar-refractivity contribution in [1.29, 1.82) is 0 Å². The SMILES string of the molecule is CCNC(=O)CN(CC)CC(=O)Nc1cccc(Cl)c1C. The monoisotopic (exact) mass is 311 g/mol. The normalized spacial score (nSPS) is 10.5. The third-order valence-corrected chi connectivity index (χ3v) is 3.51. The average molecular weight is 312 g/mol. The second kappa shape index (κ2) is 8.64. The fourth-order valence-corrected chi connectivity index (χ4v) is 2.05. The number of carbonyl (C=O) groups excluding carboxylic acids is 2. The maximum absolute atomic E-state index is 12.1. The average Bonchev–Trinajstić information content (AvgIpc) is 2.43. The van der Waals surface area contributed by atoms with Crippen LogP contribution in [-0.2, 0) is 9.59 Å². The number of hydrogen-bond donors (Lipinski definition) is 2. The summed E-state index contributed by atoms with van der Waals surface area (Å²) in [4.78, 5) is 25.4. The van der Waals surface area contributed by atoms with Crippen molar-refractivity contribution in [1.82, 2.24) is 10.2 Å². The Labute approximate surface area is 130 Å². The molecule has 0 aromatic heterocycles. The number of amides is 2. The summed E-state index contributed by atoms with van der Waals surface area (Å²) in [7, 11) is 0. The number of nitrogens with zero attached hydrogens (tertiary/aromatic N) is 1. The molecule has 0 aliphatic rings. The molecular weight excluding hydrogens is 290 g/mol. The van der Waals surface area contributed by atoms with E-state index in [9.17, 15) is 9.59 Å². The number of hydrogen-bond acceptors (Lipinski definition) is 3. The van der Waals surface area contributed by atoms with Crippen LogP contribution in [0.5, 0.6) is 0 Å². The smallest absolute Gasteiger partial charge is 0.238 e. The van der Waals surface area contributed by atoms with Crippen molar-refractivity contribution in [3.8, 4) is 0 Å². The summed E-state index contributed by atoms with van der Waals surface area (Å²) in [6, 6.07) is 5.37. The molecule has 0 spiro atoms. The number of benzene rings is 1. The topological polar surface area (TPSA) is 61.4 Å². The highest BCUT2D eigenvalue weighted by atomic mass is 35.5. The maximum atomic E-state index is 12.1. The van der Waals surface area contributed by atoms with Crippen LogP contribution < -0.4 is 10.6 Å². The molecule has 0 aliphatic carbocycles. The largest absolute Gasteiger partial charge is 0.355 e. The standard InChI is InChI=1S/C15H22ClN3O2/c1-4-17-14(20)9-19(5-2)10-15(21)18-13-8-6-7-12(16)11(13)3/h6-8H,4-5,9-10H2,1-3H3,(H,17,20)(H,18,21). The van der Waals surface area contributed by atoms with Gasteiger partial charge in [0.05, 0.1) is 13.1 Å². The number of likely N-dealkylation sites (N-methyl/N-ethyl adjacent to an activating group) is 2.